The minimum Gasteiger partial charge on any atom is -0.390 e. The lowest BCUT2D eigenvalue weighted by molar-refractivity contribution is -0.124. The van der Waals surface area contributed by atoms with E-state index >= 15 is 0 Å². The summed E-state index contributed by atoms with van der Waals surface area (Å²) in [5.74, 6) is -1.78. The lowest BCUT2D eigenvalue weighted by Crippen LogP contribution is -2.53. The predicted octanol–water partition coefficient (Wildman–Crippen LogP) is 3.22. The highest BCUT2D eigenvalue weighted by Gasteiger charge is 2.24. The number of benzene rings is 2. The first-order valence-electron chi connectivity index (χ1n) is 11.3. The zero-order valence-electron chi connectivity index (χ0n) is 18.9. The number of nitrogens with one attached hydrogen (secondary N) is 2. The quantitative estimate of drug-likeness (QED) is 0.380. The first kappa shape index (κ1) is 25.9. The van der Waals surface area contributed by atoms with Gasteiger partial charge in [0.05, 0.1) is 18.2 Å². The molecule has 0 heterocycles. The van der Waals surface area contributed by atoms with E-state index in [-0.39, 0.29) is 18.9 Å². The summed E-state index contributed by atoms with van der Waals surface area (Å²) in [6.45, 7) is 4.85. The van der Waals surface area contributed by atoms with Gasteiger partial charge in [-0.3, -0.25) is 4.79 Å². The van der Waals surface area contributed by atoms with Crippen molar-refractivity contribution in [1.82, 2.24) is 10.6 Å². The largest absolute Gasteiger partial charge is 0.390 e. The lowest BCUT2D eigenvalue weighted by atomic mass is 9.99. The molecule has 0 bridgehead atoms. The summed E-state index contributed by atoms with van der Waals surface area (Å²) in [6, 6.07) is 9.91. The van der Waals surface area contributed by atoms with Crippen molar-refractivity contribution in [2.75, 3.05) is 6.54 Å². The van der Waals surface area contributed by atoms with Gasteiger partial charge < -0.3 is 21.5 Å². The lowest BCUT2D eigenvalue weighted by Gasteiger charge is -2.26. The number of aryl methyl sites for hydroxylation is 1. The minimum absolute atomic E-state index is 0.0785. The van der Waals surface area contributed by atoms with E-state index in [1.165, 1.54) is 17.7 Å². The summed E-state index contributed by atoms with van der Waals surface area (Å²) in [6.07, 6.45) is 2.31. The van der Waals surface area contributed by atoms with Crippen molar-refractivity contribution in [3.63, 3.8) is 0 Å². The maximum absolute atomic E-state index is 13.6. The van der Waals surface area contributed by atoms with Crippen molar-refractivity contribution < 1.29 is 18.7 Å². The number of rotatable bonds is 13. The second-order valence-electron chi connectivity index (χ2n) is 8.22. The van der Waals surface area contributed by atoms with Gasteiger partial charge in [-0.2, -0.15) is 0 Å². The third kappa shape index (κ3) is 8.65. The second kappa shape index (κ2) is 13.3. The third-order valence-corrected chi connectivity index (χ3v) is 5.46. The van der Waals surface area contributed by atoms with E-state index in [1.807, 2.05) is 19.1 Å². The standard InChI is InChI=1S/C25H35F2N3O2/c1-3-5-9-22(28)25(32)30-23(13-19-11-20(26)14-21(27)12-19)24(31)16-29-15-18-8-6-7-17(4-2)10-18/h6-8,10-12,14,22-24,29,31H,3-5,9,13,15-16,28H2,1-2H3,(H,30,32). The van der Waals surface area contributed by atoms with Crippen LogP contribution in [0.4, 0.5) is 8.78 Å². The number of hydrogen-bond donors (Lipinski definition) is 4. The highest BCUT2D eigenvalue weighted by molar-refractivity contribution is 5.81. The molecule has 7 heteroatoms. The van der Waals surface area contributed by atoms with Gasteiger partial charge in [0.1, 0.15) is 11.6 Å². The Kier molecular flexibility index (Phi) is 10.7. The topological polar surface area (TPSA) is 87.4 Å². The Hall–Kier alpha value is -2.35. The third-order valence-electron chi connectivity index (χ3n) is 5.46. The molecule has 0 aliphatic rings. The first-order valence-corrected chi connectivity index (χ1v) is 11.3. The minimum atomic E-state index is -0.974. The van der Waals surface area contributed by atoms with Crippen molar-refractivity contribution >= 4 is 5.91 Å². The molecule has 0 saturated carbocycles. The van der Waals surface area contributed by atoms with Crippen molar-refractivity contribution in [1.29, 1.82) is 0 Å². The Labute approximate surface area is 189 Å². The average Bonchev–Trinajstić information content (AvgIpc) is 2.76. The Balaban J connectivity index is 2.04. The van der Waals surface area contributed by atoms with Gasteiger partial charge in [0.25, 0.3) is 0 Å². The van der Waals surface area contributed by atoms with Gasteiger partial charge in [-0.15, -0.1) is 0 Å². The van der Waals surface area contributed by atoms with Gasteiger partial charge >= 0.3 is 0 Å². The number of hydrogen-bond acceptors (Lipinski definition) is 4. The van der Waals surface area contributed by atoms with Crippen molar-refractivity contribution in [2.24, 2.45) is 5.73 Å². The van der Waals surface area contributed by atoms with Gasteiger partial charge in [0, 0.05) is 19.2 Å². The van der Waals surface area contributed by atoms with E-state index in [1.54, 1.807) is 0 Å². The number of carbonyl (C=O) groups excluding carboxylic acids is 1. The fourth-order valence-electron chi connectivity index (χ4n) is 3.58. The molecule has 0 radical (unpaired) electrons. The molecular formula is C25H35F2N3O2. The van der Waals surface area contributed by atoms with Crippen LogP contribution in [0.3, 0.4) is 0 Å². The Bertz CT molecular complexity index is 843. The van der Waals surface area contributed by atoms with Crippen LogP contribution in [0.1, 0.15) is 49.8 Å². The zero-order valence-corrected chi connectivity index (χ0v) is 18.9. The van der Waals surface area contributed by atoms with E-state index in [2.05, 4.69) is 29.7 Å². The van der Waals surface area contributed by atoms with Crippen LogP contribution in [0, 0.1) is 11.6 Å². The number of aliphatic hydroxyl groups excluding tert-OH is 1. The molecule has 2 aromatic carbocycles. The van der Waals surface area contributed by atoms with Crippen molar-refractivity contribution in [3.8, 4) is 0 Å². The Morgan fingerprint density at radius 3 is 2.41 bits per heavy atom. The van der Waals surface area contributed by atoms with Gasteiger partial charge in [0.15, 0.2) is 0 Å². The smallest absolute Gasteiger partial charge is 0.237 e. The number of unbranched alkanes of at least 4 members (excludes halogenated alkanes) is 1. The van der Waals surface area contributed by atoms with Crippen LogP contribution in [0.5, 0.6) is 0 Å². The molecule has 5 N–H and O–H groups in total. The fourth-order valence-corrected chi connectivity index (χ4v) is 3.58. The monoisotopic (exact) mass is 447 g/mol. The molecular weight excluding hydrogens is 412 g/mol. The zero-order chi connectivity index (χ0) is 23.5. The summed E-state index contributed by atoms with van der Waals surface area (Å²) in [5, 5.41) is 16.8. The van der Waals surface area contributed by atoms with Crippen LogP contribution in [0.15, 0.2) is 42.5 Å². The number of aliphatic hydroxyl groups is 1. The van der Waals surface area contributed by atoms with Crippen LogP contribution >= 0.6 is 0 Å². The molecule has 0 fully saturated rings. The number of halogens is 2. The van der Waals surface area contributed by atoms with E-state index in [0.29, 0.717) is 18.5 Å². The predicted molar refractivity (Wildman–Crippen MR) is 123 cm³/mol. The number of nitrogens with two attached hydrogens (primary N) is 1. The van der Waals surface area contributed by atoms with Gasteiger partial charge in [-0.25, -0.2) is 8.78 Å². The number of carbonyl (C=O) groups is 1. The summed E-state index contributed by atoms with van der Waals surface area (Å²) < 4.78 is 27.3. The molecule has 176 valence electrons. The van der Waals surface area contributed by atoms with Crippen molar-refractivity contribution in [2.45, 2.75) is 70.7 Å². The number of amides is 1. The van der Waals surface area contributed by atoms with Crippen LogP contribution in [0.25, 0.3) is 0 Å². The highest BCUT2D eigenvalue weighted by atomic mass is 19.1. The maximum Gasteiger partial charge on any atom is 0.237 e. The molecule has 32 heavy (non-hydrogen) atoms. The Morgan fingerprint density at radius 1 is 1.06 bits per heavy atom. The molecule has 3 atom stereocenters. The van der Waals surface area contributed by atoms with E-state index in [9.17, 15) is 18.7 Å². The van der Waals surface area contributed by atoms with Crippen LogP contribution in [0.2, 0.25) is 0 Å². The maximum atomic E-state index is 13.6. The van der Waals surface area contributed by atoms with Crippen LogP contribution in [-0.4, -0.2) is 35.7 Å². The van der Waals surface area contributed by atoms with Gasteiger partial charge in [-0.05, 0) is 48.1 Å². The molecule has 2 aromatic rings. The molecule has 5 nitrogen and oxygen atoms in total. The molecule has 1 amide bonds. The average molecular weight is 448 g/mol. The molecule has 3 unspecified atom stereocenters. The summed E-state index contributed by atoms with van der Waals surface area (Å²) in [4.78, 5) is 12.5. The molecule has 0 spiro atoms. The van der Waals surface area contributed by atoms with Gasteiger partial charge in [0.2, 0.25) is 5.91 Å². The first-order chi connectivity index (χ1) is 15.3. The van der Waals surface area contributed by atoms with E-state index < -0.39 is 29.8 Å². The van der Waals surface area contributed by atoms with E-state index in [4.69, 9.17) is 5.73 Å². The fraction of sp³-hybridized carbons (Fsp3) is 0.480. The molecule has 0 aromatic heterocycles. The Morgan fingerprint density at radius 2 is 1.75 bits per heavy atom. The normalized spacial score (nSPS) is 14.1. The molecule has 0 aliphatic heterocycles. The molecule has 0 saturated heterocycles. The van der Waals surface area contributed by atoms with E-state index in [0.717, 1.165) is 30.9 Å². The highest BCUT2D eigenvalue weighted by Crippen LogP contribution is 2.13. The van der Waals surface area contributed by atoms with Crippen LogP contribution < -0.4 is 16.4 Å². The molecule has 0 aliphatic carbocycles. The summed E-state index contributed by atoms with van der Waals surface area (Å²) in [7, 11) is 0. The second-order valence-corrected chi connectivity index (χ2v) is 8.22. The molecule has 2 rings (SSSR count). The summed E-state index contributed by atoms with van der Waals surface area (Å²) in [5.41, 5.74) is 8.63. The van der Waals surface area contributed by atoms with Crippen molar-refractivity contribution in [3.05, 3.63) is 70.8 Å². The van der Waals surface area contributed by atoms with Crippen LogP contribution in [-0.2, 0) is 24.2 Å². The summed E-state index contributed by atoms with van der Waals surface area (Å²) >= 11 is 0. The SMILES string of the molecule is CCCCC(N)C(=O)NC(Cc1cc(F)cc(F)c1)C(O)CNCc1cccc(CC)c1. The van der Waals surface area contributed by atoms with Gasteiger partial charge in [-0.1, -0.05) is 51.0 Å².